The first kappa shape index (κ1) is 24.4. The lowest BCUT2D eigenvalue weighted by molar-refractivity contribution is 0.0943. The van der Waals surface area contributed by atoms with Gasteiger partial charge in [-0.2, -0.15) is 10.2 Å². The van der Waals surface area contributed by atoms with Crippen LogP contribution in [0.2, 0.25) is 5.02 Å². The SMILES string of the molecule is CCN(Cc1ccc(C(=O)NN(c2nc(C#N)ncc2Cl)C2CCCC2)cc1)C1CCCCC1. The average Bonchev–Trinajstić information content (AvgIpc) is 3.42. The number of nitriles is 1. The van der Waals surface area contributed by atoms with Crippen LogP contribution >= 0.6 is 11.6 Å². The maximum Gasteiger partial charge on any atom is 0.269 e. The van der Waals surface area contributed by atoms with Crippen molar-refractivity contribution < 1.29 is 4.79 Å². The Morgan fingerprint density at radius 1 is 1.09 bits per heavy atom. The van der Waals surface area contributed by atoms with E-state index in [1.807, 2.05) is 30.3 Å². The number of hydrogen-bond acceptors (Lipinski definition) is 6. The topological polar surface area (TPSA) is 85.2 Å². The van der Waals surface area contributed by atoms with E-state index in [4.69, 9.17) is 11.6 Å². The van der Waals surface area contributed by atoms with Crippen LogP contribution < -0.4 is 10.4 Å². The molecule has 1 aromatic carbocycles. The molecule has 2 fully saturated rings. The van der Waals surface area contributed by atoms with E-state index in [1.165, 1.54) is 43.9 Å². The number of aromatic nitrogens is 2. The van der Waals surface area contributed by atoms with Gasteiger partial charge in [-0.3, -0.25) is 20.1 Å². The first-order valence-electron chi connectivity index (χ1n) is 12.4. The summed E-state index contributed by atoms with van der Waals surface area (Å²) in [7, 11) is 0. The van der Waals surface area contributed by atoms with E-state index < -0.39 is 0 Å². The fourth-order valence-electron chi connectivity index (χ4n) is 5.18. The number of benzene rings is 1. The van der Waals surface area contributed by atoms with E-state index in [-0.39, 0.29) is 17.8 Å². The largest absolute Gasteiger partial charge is 0.296 e. The fraction of sp³-hybridized carbons (Fsp3) is 0.538. The van der Waals surface area contributed by atoms with E-state index in [9.17, 15) is 10.1 Å². The number of nitrogens with zero attached hydrogens (tertiary/aromatic N) is 5. The quantitative estimate of drug-likeness (QED) is 0.519. The van der Waals surface area contributed by atoms with Crippen molar-refractivity contribution in [1.29, 1.82) is 5.26 Å². The predicted octanol–water partition coefficient (Wildman–Crippen LogP) is 5.25. The molecule has 7 nitrogen and oxygen atoms in total. The Labute approximate surface area is 207 Å². The second-order valence-electron chi connectivity index (χ2n) is 9.28. The average molecular weight is 481 g/mol. The summed E-state index contributed by atoms with van der Waals surface area (Å²) in [5, 5.41) is 11.3. The van der Waals surface area contributed by atoms with Gasteiger partial charge in [0.25, 0.3) is 5.91 Å². The molecule has 8 heteroatoms. The number of hydrazine groups is 1. The monoisotopic (exact) mass is 480 g/mol. The van der Waals surface area contributed by atoms with Crippen LogP contribution in [0.3, 0.4) is 0 Å². The molecule has 2 aliphatic rings. The van der Waals surface area contributed by atoms with Crippen molar-refractivity contribution in [2.24, 2.45) is 0 Å². The number of hydrogen-bond donors (Lipinski definition) is 1. The molecule has 0 bridgehead atoms. The number of anilines is 1. The number of halogens is 1. The van der Waals surface area contributed by atoms with E-state index in [0.717, 1.165) is 38.8 Å². The maximum absolute atomic E-state index is 13.2. The van der Waals surface area contributed by atoms with Gasteiger partial charge in [0.05, 0.1) is 12.2 Å². The summed E-state index contributed by atoms with van der Waals surface area (Å²) in [6, 6.07) is 10.6. The van der Waals surface area contributed by atoms with Gasteiger partial charge in [0.1, 0.15) is 11.1 Å². The van der Waals surface area contributed by atoms with Crippen LogP contribution in [-0.2, 0) is 6.54 Å². The zero-order valence-corrected chi connectivity index (χ0v) is 20.6. The van der Waals surface area contributed by atoms with Crippen molar-refractivity contribution in [2.45, 2.75) is 83.3 Å². The molecule has 4 rings (SSSR count). The molecule has 1 heterocycles. The first-order chi connectivity index (χ1) is 16.6. The summed E-state index contributed by atoms with van der Waals surface area (Å²) in [5.41, 5.74) is 4.81. The third-order valence-corrected chi connectivity index (χ3v) is 7.33. The van der Waals surface area contributed by atoms with Crippen molar-refractivity contribution in [3.63, 3.8) is 0 Å². The summed E-state index contributed by atoms with van der Waals surface area (Å²) in [5.74, 6) is 0.182. The first-order valence-corrected chi connectivity index (χ1v) is 12.8. The molecule has 1 amide bonds. The Kier molecular flexibility index (Phi) is 8.36. The van der Waals surface area contributed by atoms with Crippen LogP contribution in [0.4, 0.5) is 5.82 Å². The van der Waals surface area contributed by atoms with Gasteiger partial charge in [0.2, 0.25) is 5.82 Å². The molecule has 34 heavy (non-hydrogen) atoms. The van der Waals surface area contributed by atoms with Crippen molar-refractivity contribution in [1.82, 2.24) is 20.3 Å². The van der Waals surface area contributed by atoms with Gasteiger partial charge >= 0.3 is 0 Å². The van der Waals surface area contributed by atoms with E-state index in [0.29, 0.717) is 22.4 Å². The van der Waals surface area contributed by atoms with Crippen LogP contribution in [-0.4, -0.2) is 39.4 Å². The minimum atomic E-state index is -0.216. The minimum Gasteiger partial charge on any atom is -0.296 e. The lowest BCUT2D eigenvalue weighted by atomic mass is 9.94. The number of amides is 1. The van der Waals surface area contributed by atoms with Gasteiger partial charge in [0, 0.05) is 18.2 Å². The van der Waals surface area contributed by atoms with Gasteiger partial charge in [-0.1, -0.05) is 62.8 Å². The third kappa shape index (κ3) is 5.86. The van der Waals surface area contributed by atoms with E-state index in [1.54, 1.807) is 5.01 Å². The molecule has 2 saturated carbocycles. The highest BCUT2D eigenvalue weighted by molar-refractivity contribution is 6.32. The molecule has 0 radical (unpaired) electrons. The zero-order chi connectivity index (χ0) is 23.9. The number of rotatable bonds is 8. The highest BCUT2D eigenvalue weighted by Crippen LogP contribution is 2.30. The maximum atomic E-state index is 13.2. The van der Waals surface area contributed by atoms with Crippen LogP contribution in [0.15, 0.2) is 30.5 Å². The number of nitrogens with one attached hydrogen (secondary N) is 1. The van der Waals surface area contributed by atoms with Gasteiger partial charge in [-0.05, 0) is 49.9 Å². The summed E-state index contributed by atoms with van der Waals surface area (Å²) in [6.07, 6.45) is 12.0. The minimum absolute atomic E-state index is 0.0273. The molecule has 2 aliphatic carbocycles. The molecule has 0 spiro atoms. The van der Waals surface area contributed by atoms with Crippen molar-refractivity contribution in [2.75, 3.05) is 11.6 Å². The molecule has 1 N–H and O–H groups in total. The van der Waals surface area contributed by atoms with Gasteiger partial charge in [-0.15, -0.1) is 0 Å². The lowest BCUT2D eigenvalue weighted by Gasteiger charge is -2.33. The van der Waals surface area contributed by atoms with Crippen LogP contribution in [0.5, 0.6) is 0 Å². The zero-order valence-electron chi connectivity index (χ0n) is 19.8. The Morgan fingerprint density at radius 3 is 2.38 bits per heavy atom. The van der Waals surface area contributed by atoms with E-state index in [2.05, 4.69) is 27.2 Å². The number of carbonyl (C=O) groups excluding carboxylic acids is 1. The smallest absolute Gasteiger partial charge is 0.269 e. The molecular weight excluding hydrogens is 448 g/mol. The lowest BCUT2D eigenvalue weighted by Crippen LogP contribution is -2.48. The van der Waals surface area contributed by atoms with Crippen molar-refractivity contribution in [3.05, 3.63) is 52.4 Å². The van der Waals surface area contributed by atoms with Crippen LogP contribution in [0.1, 0.15) is 86.5 Å². The normalized spacial score (nSPS) is 17.0. The Balaban J connectivity index is 1.47. The van der Waals surface area contributed by atoms with Crippen molar-refractivity contribution >= 4 is 23.3 Å². The number of carbonyl (C=O) groups is 1. The Hall–Kier alpha value is -2.69. The summed E-state index contributed by atoms with van der Waals surface area (Å²) < 4.78 is 0. The predicted molar refractivity (Wildman–Crippen MR) is 133 cm³/mol. The van der Waals surface area contributed by atoms with Gasteiger partial charge in [0.15, 0.2) is 5.82 Å². The molecule has 0 atom stereocenters. The third-order valence-electron chi connectivity index (χ3n) is 7.06. The standard InChI is InChI=1S/C26H33ClN6O/c1-2-32(21-8-4-3-5-9-21)18-19-12-14-20(15-13-19)26(34)31-33(22-10-6-7-11-22)25-23(27)17-29-24(16-28)30-25/h12-15,17,21-22H,2-11,18H2,1H3,(H,31,34). The van der Waals surface area contributed by atoms with E-state index >= 15 is 0 Å². The second kappa shape index (κ2) is 11.6. The molecule has 180 valence electrons. The Morgan fingerprint density at radius 2 is 1.74 bits per heavy atom. The summed E-state index contributed by atoms with van der Waals surface area (Å²) in [6.45, 7) is 4.17. The summed E-state index contributed by atoms with van der Waals surface area (Å²) >= 11 is 6.37. The molecule has 0 aliphatic heterocycles. The molecule has 0 saturated heterocycles. The second-order valence-corrected chi connectivity index (χ2v) is 9.69. The highest BCUT2D eigenvalue weighted by atomic mass is 35.5. The highest BCUT2D eigenvalue weighted by Gasteiger charge is 2.28. The van der Waals surface area contributed by atoms with Gasteiger partial charge in [-0.25, -0.2) is 4.98 Å². The van der Waals surface area contributed by atoms with Gasteiger partial charge < -0.3 is 0 Å². The van der Waals surface area contributed by atoms with Crippen LogP contribution in [0.25, 0.3) is 0 Å². The molecular formula is C26H33ClN6O. The fourth-order valence-corrected chi connectivity index (χ4v) is 5.36. The van der Waals surface area contributed by atoms with Crippen LogP contribution in [0, 0.1) is 11.3 Å². The molecule has 2 aromatic rings. The Bertz CT molecular complexity index is 1010. The van der Waals surface area contributed by atoms with Crippen molar-refractivity contribution in [3.8, 4) is 6.07 Å². The molecule has 0 unspecified atom stereocenters. The summed E-state index contributed by atoms with van der Waals surface area (Å²) in [4.78, 5) is 23.9. The molecule has 1 aromatic heterocycles.